The Bertz CT molecular complexity index is 1390. The molecule has 1 heterocycles. The summed E-state index contributed by atoms with van der Waals surface area (Å²) in [5, 5.41) is 11.6. The van der Waals surface area contributed by atoms with Crippen LogP contribution in [0, 0.1) is 0 Å². The summed E-state index contributed by atoms with van der Waals surface area (Å²) in [4.78, 5) is 28.5. The van der Waals surface area contributed by atoms with E-state index in [2.05, 4.69) is 0 Å². The van der Waals surface area contributed by atoms with Crippen LogP contribution in [0.15, 0.2) is 72.3 Å². The van der Waals surface area contributed by atoms with Gasteiger partial charge < -0.3 is 24.2 Å². The van der Waals surface area contributed by atoms with Crippen molar-refractivity contribution in [3.63, 3.8) is 0 Å². The van der Waals surface area contributed by atoms with Crippen LogP contribution in [0.4, 0.5) is 0 Å². The highest BCUT2D eigenvalue weighted by atomic mass is 16.5. The largest absolute Gasteiger partial charge is 0.507 e. The summed E-state index contributed by atoms with van der Waals surface area (Å²) in [6, 6.07) is 19.1. The molecule has 3 aromatic rings. The standard InChI is InChI=1S/C32H35NO6/c1-6-38-24-13-10-12-21(17-24)29-28(30(34)22-15-16-27(39-7-2)25(18-22)20(3)4)31(35)32(36)33(29)19-23-11-8-9-14-26(23)37-5/h8-18,20,29,34H,6-7,19H2,1-5H3/b30-28+. The third-order valence-electron chi connectivity index (χ3n) is 6.76. The van der Waals surface area contributed by atoms with Gasteiger partial charge in [-0.05, 0) is 67.3 Å². The molecule has 0 radical (unpaired) electrons. The van der Waals surface area contributed by atoms with Crippen molar-refractivity contribution in [1.29, 1.82) is 0 Å². The predicted octanol–water partition coefficient (Wildman–Crippen LogP) is 6.24. The summed E-state index contributed by atoms with van der Waals surface area (Å²) in [6.07, 6.45) is 0. The zero-order valence-electron chi connectivity index (χ0n) is 23.1. The van der Waals surface area contributed by atoms with Gasteiger partial charge in [-0.2, -0.15) is 0 Å². The third-order valence-corrected chi connectivity index (χ3v) is 6.76. The molecule has 1 aliphatic heterocycles. The number of para-hydroxylation sites is 1. The molecule has 1 saturated heterocycles. The molecule has 0 aliphatic carbocycles. The van der Waals surface area contributed by atoms with Crippen molar-refractivity contribution in [3.8, 4) is 17.2 Å². The monoisotopic (exact) mass is 529 g/mol. The average molecular weight is 530 g/mol. The van der Waals surface area contributed by atoms with Crippen molar-refractivity contribution >= 4 is 17.4 Å². The Hall–Kier alpha value is -4.26. The minimum Gasteiger partial charge on any atom is -0.507 e. The highest BCUT2D eigenvalue weighted by Gasteiger charge is 2.46. The van der Waals surface area contributed by atoms with Gasteiger partial charge in [0.05, 0.1) is 38.5 Å². The highest BCUT2D eigenvalue weighted by molar-refractivity contribution is 6.46. The quantitative estimate of drug-likeness (QED) is 0.190. The molecular formula is C32H35NO6. The lowest BCUT2D eigenvalue weighted by atomic mass is 9.93. The first-order valence-corrected chi connectivity index (χ1v) is 13.2. The maximum atomic E-state index is 13.6. The summed E-state index contributed by atoms with van der Waals surface area (Å²) in [6.45, 7) is 8.97. The number of aliphatic hydroxyl groups excluding tert-OH is 1. The predicted molar refractivity (Wildman–Crippen MR) is 150 cm³/mol. The Morgan fingerprint density at radius 1 is 0.923 bits per heavy atom. The van der Waals surface area contributed by atoms with E-state index in [0.29, 0.717) is 35.8 Å². The Morgan fingerprint density at radius 3 is 2.36 bits per heavy atom. The maximum Gasteiger partial charge on any atom is 0.295 e. The van der Waals surface area contributed by atoms with Gasteiger partial charge in [0.15, 0.2) is 0 Å². The van der Waals surface area contributed by atoms with Gasteiger partial charge >= 0.3 is 0 Å². The van der Waals surface area contributed by atoms with Gasteiger partial charge in [0.1, 0.15) is 23.0 Å². The number of likely N-dealkylation sites (tertiary alicyclic amines) is 1. The van der Waals surface area contributed by atoms with E-state index < -0.39 is 17.7 Å². The molecule has 0 saturated carbocycles. The number of hydrogen-bond acceptors (Lipinski definition) is 6. The number of Topliss-reactive ketones (excluding diaryl/α,β-unsaturated/α-hetero) is 1. The van der Waals surface area contributed by atoms with E-state index in [1.807, 2.05) is 76.2 Å². The number of nitrogens with zero attached hydrogens (tertiary/aromatic N) is 1. The fourth-order valence-electron chi connectivity index (χ4n) is 4.94. The van der Waals surface area contributed by atoms with E-state index in [1.54, 1.807) is 25.3 Å². The van der Waals surface area contributed by atoms with Crippen LogP contribution in [0.2, 0.25) is 0 Å². The van der Waals surface area contributed by atoms with Crippen LogP contribution in [0.3, 0.4) is 0 Å². The first kappa shape index (κ1) is 27.8. The molecule has 4 rings (SSSR count). The average Bonchev–Trinajstić information content (AvgIpc) is 3.18. The van der Waals surface area contributed by atoms with Crippen LogP contribution in [0.5, 0.6) is 17.2 Å². The Labute approximate surface area is 229 Å². The Kier molecular flexibility index (Phi) is 8.59. The molecule has 1 atom stereocenters. The molecule has 1 unspecified atom stereocenters. The van der Waals surface area contributed by atoms with E-state index in [-0.39, 0.29) is 23.8 Å². The van der Waals surface area contributed by atoms with Crippen LogP contribution in [-0.4, -0.2) is 42.0 Å². The minimum atomic E-state index is -0.829. The van der Waals surface area contributed by atoms with Crippen molar-refractivity contribution in [3.05, 3.63) is 94.6 Å². The second kappa shape index (κ2) is 12.1. The van der Waals surface area contributed by atoms with Gasteiger partial charge in [-0.15, -0.1) is 0 Å². The summed E-state index contributed by atoms with van der Waals surface area (Å²) >= 11 is 0. The van der Waals surface area contributed by atoms with E-state index >= 15 is 0 Å². The molecule has 3 aromatic carbocycles. The summed E-state index contributed by atoms with van der Waals surface area (Å²) in [7, 11) is 1.56. The van der Waals surface area contributed by atoms with Gasteiger partial charge in [0, 0.05) is 11.1 Å². The molecule has 0 spiro atoms. The highest BCUT2D eigenvalue weighted by Crippen LogP contribution is 2.42. The normalized spacial score (nSPS) is 16.6. The maximum absolute atomic E-state index is 13.6. The number of ketones is 1. The van der Waals surface area contributed by atoms with Crippen LogP contribution >= 0.6 is 0 Å². The molecule has 1 amide bonds. The first-order chi connectivity index (χ1) is 18.8. The fourth-order valence-corrected chi connectivity index (χ4v) is 4.94. The van der Waals surface area contributed by atoms with Gasteiger partial charge in [0.2, 0.25) is 0 Å². The molecule has 204 valence electrons. The molecule has 1 fully saturated rings. The van der Waals surface area contributed by atoms with Crippen LogP contribution < -0.4 is 14.2 Å². The first-order valence-electron chi connectivity index (χ1n) is 13.2. The molecule has 0 aromatic heterocycles. The topological polar surface area (TPSA) is 85.3 Å². The van der Waals surface area contributed by atoms with E-state index in [0.717, 1.165) is 16.9 Å². The SMILES string of the molecule is CCOc1cccc(C2/C(=C(\O)c3ccc(OCC)c(C(C)C)c3)C(=O)C(=O)N2Cc2ccccc2OC)c1. The number of amides is 1. The van der Waals surface area contributed by atoms with Crippen LogP contribution in [0.25, 0.3) is 5.76 Å². The summed E-state index contributed by atoms with van der Waals surface area (Å²) < 4.78 is 17.0. The van der Waals surface area contributed by atoms with Crippen molar-refractivity contribution in [2.75, 3.05) is 20.3 Å². The van der Waals surface area contributed by atoms with Gasteiger partial charge in [-0.25, -0.2) is 0 Å². The third kappa shape index (κ3) is 5.62. The number of carbonyl (C=O) groups is 2. The van der Waals surface area contributed by atoms with E-state index in [4.69, 9.17) is 14.2 Å². The Balaban J connectivity index is 1.89. The lowest BCUT2D eigenvalue weighted by Gasteiger charge is -2.26. The molecular weight excluding hydrogens is 494 g/mol. The van der Waals surface area contributed by atoms with Gasteiger partial charge in [-0.1, -0.05) is 44.2 Å². The van der Waals surface area contributed by atoms with Crippen molar-refractivity contribution in [2.24, 2.45) is 0 Å². The molecule has 7 nitrogen and oxygen atoms in total. The number of carbonyl (C=O) groups excluding carboxylic acids is 2. The Morgan fingerprint density at radius 2 is 1.67 bits per heavy atom. The van der Waals surface area contributed by atoms with Gasteiger partial charge in [0.25, 0.3) is 11.7 Å². The fraction of sp³-hybridized carbons (Fsp3) is 0.312. The smallest absolute Gasteiger partial charge is 0.295 e. The molecule has 7 heteroatoms. The number of hydrogen-bond donors (Lipinski definition) is 1. The van der Waals surface area contributed by atoms with Crippen molar-refractivity contribution in [2.45, 2.75) is 46.2 Å². The van der Waals surface area contributed by atoms with Crippen molar-refractivity contribution in [1.82, 2.24) is 4.90 Å². The zero-order chi connectivity index (χ0) is 28.1. The molecule has 39 heavy (non-hydrogen) atoms. The zero-order valence-corrected chi connectivity index (χ0v) is 23.1. The number of aliphatic hydroxyl groups is 1. The molecule has 1 N–H and O–H groups in total. The van der Waals surface area contributed by atoms with Crippen LogP contribution in [-0.2, 0) is 16.1 Å². The lowest BCUT2D eigenvalue weighted by Crippen LogP contribution is -2.29. The number of ether oxygens (including phenoxy) is 3. The van der Waals surface area contributed by atoms with E-state index in [1.165, 1.54) is 4.90 Å². The molecule has 1 aliphatic rings. The number of rotatable bonds is 10. The number of methoxy groups -OCH3 is 1. The second-order valence-electron chi connectivity index (χ2n) is 9.58. The summed E-state index contributed by atoms with van der Waals surface area (Å²) in [5.41, 5.74) is 2.78. The van der Waals surface area contributed by atoms with Gasteiger partial charge in [-0.3, -0.25) is 9.59 Å². The lowest BCUT2D eigenvalue weighted by molar-refractivity contribution is -0.140. The van der Waals surface area contributed by atoms with Crippen molar-refractivity contribution < 1.29 is 28.9 Å². The molecule has 0 bridgehead atoms. The number of benzene rings is 3. The van der Waals surface area contributed by atoms with Crippen LogP contribution in [0.1, 0.15) is 61.9 Å². The minimum absolute atomic E-state index is 0.0300. The second-order valence-corrected chi connectivity index (χ2v) is 9.58. The van der Waals surface area contributed by atoms with E-state index in [9.17, 15) is 14.7 Å². The summed E-state index contributed by atoms with van der Waals surface area (Å²) in [5.74, 6) is 0.397.